The highest BCUT2D eigenvalue weighted by Gasteiger charge is 2.33. The lowest BCUT2D eigenvalue weighted by atomic mass is 10.1. The van der Waals surface area contributed by atoms with Gasteiger partial charge in [0.25, 0.3) is 11.5 Å². The van der Waals surface area contributed by atoms with Crippen LogP contribution in [0.1, 0.15) is 35.1 Å². The molecular formula is C23H26N6O5S. The molecule has 184 valence electrons. The van der Waals surface area contributed by atoms with Gasteiger partial charge in [0, 0.05) is 25.0 Å². The number of β-amino-alcohol motifs (C(OH)–C–C–N with tert-alkyl or cyclic N) is 1. The van der Waals surface area contributed by atoms with Crippen LogP contribution < -0.4 is 16.6 Å². The molecule has 3 aromatic heterocycles. The van der Waals surface area contributed by atoms with E-state index in [-0.39, 0.29) is 36.7 Å². The summed E-state index contributed by atoms with van der Waals surface area (Å²) in [5, 5.41) is 14.3. The van der Waals surface area contributed by atoms with E-state index < -0.39 is 23.3 Å². The van der Waals surface area contributed by atoms with Crippen LogP contribution >= 0.6 is 11.3 Å². The van der Waals surface area contributed by atoms with Gasteiger partial charge in [-0.3, -0.25) is 23.6 Å². The van der Waals surface area contributed by atoms with Gasteiger partial charge in [0.1, 0.15) is 17.5 Å². The molecule has 5 rings (SSSR count). The number of nitrogens with one attached hydrogen (secondary N) is 1. The fraction of sp³-hybridized carbons (Fsp3) is 0.391. The molecule has 11 nitrogen and oxygen atoms in total. The zero-order valence-corrected chi connectivity index (χ0v) is 20.6. The second kappa shape index (κ2) is 8.63. The molecule has 0 aliphatic carbocycles. The predicted molar refractivity (Wildman–Crippen MR) is 133 cm³/mol. The summed E-state index contributed by atoms with van der Waals surface area (Å²) in [5.74, 6) is 0.0772. The second-order valence-corrected chi connectivity index (χ2v) is 9.85. The van der Waals surface area contributed by atoms with Crippen LogP contribution in [0.4, 0.5) is 5.95 Å². The van der Waals surface area contributed by atoms with Gasteiger partial charge in [-0.1, -0.05) is 12.1 Å². The maximum Gasteiger partial charge on any atom is 0.332 e. The standard InChI is InChI=1S/C23H26N6O5S/c1-12(2)29-21-18(19(31)26(4)23(29)33)17(20(32)28-9-13(30)11-34-28)16(35-21)10-27-15-8-6-5-7-14(15)25-22(27)24-3/h5-8,12-13,30H,9-11H2,1-4H3,(H,24,25)/t13-/m0/s1. The number of benzene rings is 1. The summed E-state index contributed by atoms with van der Waals surface area (Å²) < 4.78 is 4.49. The molecule has 0 saturated carbocycles. The van der Waals surface area contributed by atoms with Crippen LogP contribution in [0.5, 0.6) is 0 Å². The Hall–Kier alpha value is -3.48. The first kappa shape index (κ1) is 23.3. The zero-order valence-electron chi connectivity index (χ0n) is 19.8. The van der Waals surface area contributed by atoms with Crippen molar-refractivity contribution < 1.29 is 14.7 Å². The molecule has 1 atom stereocenters. The minimum absolute atomic E-state index is 0.00444. The molecule has 1 aliphatic rings. The van der Waals surface area contributed by atoms with Crippen molar-refractivity contribution in [1.82, 2.24) is 23.7 Å². The van der Waals surface area contributed by atoms with Gasteiger partial charge in [0.2, 0.25) is 5.95 Å². The van der Waals surface area contributed by atoms with Gasteiger partial charge in [-0.2, -0.15) is 0 Å². The van der Waals surface area contributed by atoms with Gasteiger partial charge in [-0.15, -0.1) is 11.3 Å². The van der Waals surface area contributed by atoms with Gasteiger partial charge in [0.05, 0.1) is 35.1 Å². The molecule has 12 heteroatoms. The largest absolute Gasteiger partial charge is 0.389 e. The number of carbonyl (C=O) groups is 1. The number of imidazole rings is 1. The normalized spacial score (nSPS) is 16.2. The number of carbonyl (C=O) groups excluding carboxylic acids is 1. The topological polar surface area (TPSA) is 124 Å². The lowest BCUT2D eigenvalue weighted by Crippen LogP contribution is -2.39. The zero-order chi connectivity index (χ0) is 25.0. The lowest BCUT2D eigenvalue weighted by Gasteiger charge is -2.16. The quantitative estimate of drug-likeness (QED) is 0.428. The third-order valence-electron chi connectivity index (χ3n) is 6.13. The van der Waals surface area contributed by atoms with E-state index in [1.807, 2.05) is 42.7 Å². The summed E-state index contributed by atoms with van der Waals surface area (Å²) in [6.45, 7) is 3.94. The number of aliphatic hydroxyl groups is 1. The second-order valence-electron chi connectivity index (χ2n) is 8.77. The number of hydrogen-bond acceptors (Lipinski definition) is 8. The Kier molecular flexibility index (Phi) is 5.74. The lowest BCUT2D eigenvalue weighted by molar-refractivity contribution is -0.0778. The maximum absolute atomic E-state index is 13.7. The summed E-state index contributed by atoms with van der Waals surface area (Å²) in [7, 11) is 3.17. The summed E-state index contributed by atoms with van der Waals surface area (Å²) in [6.07, 6.45) is -0.808. The van der Waals surface area contributed by atoms with Crippen LogP contribution in [0.3, 0.4) is 0 Å². The monoisotopic (exact) mass is 498 g/mol. The molecule has 35 heavy (non-hydrogen) atoms. The first-order chi connectivity index (χ1) is 16.7. The Morgan fingerprint density at radius 1 is 1.31 bits per heavy atom. The van der Waals surface area contributed by atoms with Crippen molar-refractivity contribution in [2.24, 2.45) is 7.05 Å². The SMILES string of the molecule is CNc1nc2ccccc2n1Cc1sc2c(c1C(=O)N1C[C@H](O)CO1)c(=O)n(C)c(=O)n2C(C)C. The Bertz CT molecular complexity index is 1580. The number of aliphatic hydroxyl groups excluding tert-OH is 1. The van der Waals surface area contributed by atoms with Crippen LogP contribution in [-0.4, -0.2) is 61.1 Å². The Balaban J connectivity index is 1.80. The number of hydroxylamine groups is 2. The van der Waals surface area contributed by atoms with Crippen molar-refractivity contribution in [1.29, 1.82) is 0 Å². The predicted octanol–water partition coefficient (Wildman–Crippen LogP) is 1.53. The highest BCUT2D eigenvalue weighted by molar-refractivity contribution is 7.19. The Labute approximate surface area is 203 Å². The third kappa shape index (κ3) is 3.65. The van der Waals surface area contributed by atoms with Gasteiger partial charge >= 0.3 is 5.69 Å². The average Bonchev–Trinajstić information content (AvgIpc) is 3.53. The average molecular weight is 499 g/mol. The van der Waals surface area contributed by atoms with Gasteiger partial charge in [-0.05, 0) is 26.0 Å². The van der Waals surface area contributed by atoms with Crippen LogP contribution in [0.2, 0.25) is 0 Å². The summed E-state index contributed by atoms with van der Waals surface area (Å²) in [6, 6.07) is 7.39. The molecule has 4 aromatic rings. The van der Waals surface area contributed by atoms with E-state index in [1.165, 1.54) is 23.0 Å². The molecule has 0 spiro atoms. The maximum atomic E-state index is 13.7. The van der Waals surface area contributed by atoms with E-state index in [2.05, 4.69) is 10.3 Å². The van der Waals surface area contributed by atoms with E-state index in [0.717, 1.165) is 20.7 Å². The molecule has 1 amide bonds. The summed E-state index contributed by atoms with van der Waals surface area (Å²) in [5.41, 5.74) is 0.827. The van der Waals surface area contributed by atoms with Crippen molar-refractivity contribution in [3.63, 3.8) is 0 Å². The summed E-state index contributed by atoms with van der Waals surface area (Å²) in [4.78, 5) is 51.1. The molecule has 1 aromatic carbocycles. The van der Waals surface area contributed by atoms with Crippen LogP contribution in [0.15, 0.2) is 33.9 Å². The number of aromatic nitrogens is 4. The van der Waals surface area contributed by atoms with Gasteiger partial charge in [-0.25, -0.2) is 14.8 Å². The Morgan fingerprint density at radius 3 is 2.71 bits per heavy atom. The molecule has 0 unspecified atom stereocenters. The smallest absolute Gasteiger partial charge is 0.332 e. The number of hydrogen-bond donors (Lipinski definition) is 2. The van der Waals surface area contributed by atoms with Crippen LogP contribution in [0, 0.1) is 0 Å². The van der Waals surface area contributed by atoms with Gasteiger partial charge in [0.15, 0.2) is 0 Å². The van der Waals surface area contributed by atoms with Crippen molar-refractivity contribution in [3.05, 3.63) is 55.5 Å². The molecule has 2 N–H and O–H groups in total. The molecule has 4 heterocycles. The minimum atomic E-state index is -0.808. The number of nitrogens with zero attached hydrogens (tertiary/aromatic N) is 5. The molecule has 0 radical (unpaired) electrons. The fourth-order valence-electron chi connectivity index (χ4n) is 4.44. The fourth-order valence-corrected chi connectivity index (χ4v) is 5.84. The molecule has 1 saturated heterocycles. The Morgan fingerprint density at radius 2 is 2.06 bits per heavy atom. The summed E-state index contributed by atoms with van der Waals surface area (Å²) >= 11 is 1.24. The van der Waals surface area contributed by atoms with Crippen molar-refractivity contribution >= 4 is 44.4 Å². The molecular weight excluding hydrogens is 472 g/mol. The minimum Gasteiger partial charge on any atom is -0.389 e. The van der Waals surface area contributed by atoms with Crippen molar-refractivity contribution in [2.75, 3.05) is 25.5 Å². The molecule has 1 fully saturated rings. The van der Waals surface area contributed by atoms with Gasteiger partial charge < -0.3 is 15.0 Å². The van der Waals surface area contributed by atoms with E-state index >= 15 is 0 Å². The first-order valence-corrected chi connectivity index (χ1v) is 12.1. The van der Waals surface area contributed by atoms with Crippen LogP contribution in [-0.2, 0) is 18.4 Å². The number of rotatable bonds is 5. The van der Waals surface area contributed by atoms with E-state index in [1.54, 1.807) is 7.05 Å². The van der Waals surface area contributed by atoms with E-state index in [9.17, 15) is 19.5 Å². The van der Waals surface area contributed by atoms with Crippen molar-refractivity contribution in [2.45, 2.75) is 32.5 Å². The van der Waals surface area contributed by atoms with Crippen molar-refractivity contribution in [3.8, 4) is 0 Å². The number of para-hydroxylation sites is 2. The number of fused-ring (bicyclic) bond motifs is 2. The number of anilines is 1. The highest BCUT2D eigenvalue weighted by atomic mass is 32.1. The van der Waals surface area contributed by atoms with E-state index in [0.29, 0.717) is 15.7 Å². The number of thiophene rings is 1. The third-order valence-corrected chi connectivity index (χ3v) is 7.30. The number of amides is 1. The highest BCUT2D eigenvalue weighted by Crippen LogP contribution is 2.34. The molecule has 0 bridgehead atoms. The first-order valence-electron chi connectivity index (χ1n) is 11.3. The van der Waals surface area contributed by atoms with E-state index in [4.69, 9.17) is 4.84 Å². The molecule has 1 aliphatic heterocycles. The van der Waals surface area contributed by atoms with Crippen LogP contribution in [0.25, 0.3) is 21.3 Å².